The summed E-state index contributed by atoms with van der Waals surface area (Å²) in [5.41, 5.74) is 5.64. The van der Waals surface area contributed by atoms with E-state index in [-0.39, 0.29) is 43.3 Å². The topological polar surface area (TPSA) is 114 Å². The standard InChI is InChI=1S/C33H36N2O6/c1-21(40-19-22-9-3-2-4-10-22)31(32(37)38)35-30(36)17-23-15-24(16-23)18-34-33(39)41-20-29-27-13-7-5-11-25(27)26-12-6-8-14-28(26)29/h2-14,21,23-24,29,31H,15-20H2,1H3,(H,34,39)(H,35,36)(H,37,38)/t21-,23?,24?,31+/m1/s1. The lowest BCUT2D eigenvalue weighted by Crippen LogP contribution is -2.49. The van der Waals surface area contributed by atoms with Crippen LogP contribution >= 0.6 is 0 Å². The van der Waals surface area contributed by atoms with Crippen LogP contribution in [0.1, 0.15) is 48.8 Å². The van der Waals surface area contributed by atoms with Gasteiger partial charge in [-0.2, -0.15) is 0 Å². The van der Waals surface area contributed by atoms with Crippen LogP contribution in [0.4, 0.5) is 4.79 Å². The smallest absolute Gasteiger partial charge is 0.407 e. The fourth-order valence-electron chi connectivity index (χ4n) is 5.86. The number of carbonyl (C=O) groups is 3. The minimum Gasteiger partial charge on any atom is -0.480 e. The lowest BCUT2D eigenvalue weighted by Gasteiger charge is -2.35. The van der Waals surface area contributed by atoms with Crippen LogP contribution in [-0.2, 0) is 25.7 Å². The van der Waals surface area contributed by atoms with E-state index >= 15 is 0 Å². The summed E-state index contributed by atoms with van der Waals surface area (Å²) in [5, 5.41) is 15.1. The fraction of sp³-hybridized carbons (Fsp3) is 0.364. The molecule has 2 atom stereocenters. The number of rotatable bonds is 12. The maximum Gasteiger partial charge on any atom is 0.407 e. The Morgan fingerprint density at radius 1 is 0.878 bits per heavy atom. The van der Waals surface area contributed by atoms with E-state index in [4.69, 9.17) is 9.47 Å². The first-order valence-corrected chi connectivity index (χ1v) is 14.2. The van der Waals surface area contributed by atoms with Crippen molar-refractivity contribution in [2.45, 2.75) is 50.9 Å². The van der Waals surface area contributed by atoms with Gasteiger partial charge in [-0.1, -0.05) is 78.9 Å². The average molecular weight is 557 g/mol. The number of ether oxygens (including phenoxy) is 2. The summed E-state index contributed by atoms with van der Waals surface area (Å²) >= 11 is 0. The molecule has 8 heteroatoms. The highest BCUT2D eigenvalue weighted by Gasteiger charge is 2.34. The largest absolute Gasteiger partial charge is 0.480 e. The molecule has 5 rings (SSSR count). The van der Waals surface area contributed by atoms with Crippen molar-refractivity contribution < 1.29 is 29.0 Å². The van der Waals surface area contributed by atoms with E-state index in [1.165, 1.54) is 22.3 Å². The number of carboxylic acids is 1. The minimum absolute atomic E-state index is 0.0147. The van der Waals surface area contributed by atoms with Crippen molar-refractivity contribution >= 4 is 18.0 Å². The predicted molar refractivity (Wildman–Crippen MR) is 154 cm³/mol. The molecule has 0 bridgehead atoms. The van der Waals surface area contributed by atoms with E-state index in [9.17, 15) is 19.5 Å². The molecule has 0 radical (unpaired) electrons. The summed E-state index contributed by atoms with van der Waals surface area (Å²) in [5.74, 6) is -1.00. The van der Waals surface area contributed by atoms with Gasteiger partial charge in [-0.25, -0.2) is 9.59 Å². The van der Waals surface area contributed by atoms with E-state index in [1.807, 2.05) is 54.6 Å². The molecule has 0 aromatic heterocycles. The molecule has 0 heterocycles. The quantitative estimate of drug-likeness (QED) is 0.286. The number of amides is 2. The molecule has 0 aliphatic heterocycles. The Kier molecular flexibility index (Phi) is 8.99. The van der Waals surface area contributed by atoms with Gasteiger partial charge in [-0.15, -0.1) is 0 Å². The van der Waals surface area contributed by atoms with E-state index in [2.05, 4.69) is 34.9 Å². The Bertz CT molecular complexity index is 1330. The Hall–Kier alpha value is -4.17. The first-order valence-electron chi connectivity index (χ1n) is 14.2. The number of fused-ring (bicyclic) bond motifs is 3. The molecule has 3 aromatic rings. The monoisotopic (exact) mass is 556 g/mol. The van der Waals surface area contributed by atoms with Crippen molar-refractivity contribution in [2.24, 2.45) is 11.8 Å². The SMILES string of the molecule is C[C@@H](OCc1ccccc1)[C@H](NC(=O)CC1CC(CNC(=O)OCC2c3ccccc3-c3ccccc32)C1)C(=O)O. The first-order chi connectivity index (χ1) is 19.9. The summed E-state index contributed by atoms with van der Waals surface area (Å²) in [6.07, 6.45) is 0.689. The molecule has 0 spiro atoms. The second-order valence-electron chi connectivity index (χ2n) is 11.0. The van der Waals surface area contributed by atoms with Crippen LogP contribution in [0.5, 0.6) is 0 Å². The van der Waals surface area contributed by atoms with Crippen molar-refractivity contribution in [1.29, 1.82) is 0 Å². The predicted octanol–water partition coefficient (Wildman–Crippen LogP) is 5.12. The van der Waals surface area contributed by atoms with Gasteiger partial charge >= 0.3 is 12.1 Å². The van der Waals surface area contributed by atoms with Gasteiger partial charge in [0.15, 0.2) is 6.04 Å². The molecule has 214 valence electrons. The van der Waals surface area contributed by atoms with Crippen LogP contribution in [0.25, 0.3) is 11.1 Å². The molecular weight excluding hydrogens is 520 g/mol. The summed E-state index contributed by atoms with van der Waals surface area (Å²) in [7, 11) is 0. The van der Waals surface area contributed by atoms with Crippen LogP contribution in [0.15, 0.2) is 78.9 Å². The molecule has 8 nitrogen and oxygen atoms in total. The first kappa shape index (κ1) is 28.4. The number of hydrogen-bond donors (Lipinski definition) is 3. The highest BCUT2D eigenvalue weighted by Crippen LogP contribution is 2.44. The van der Waals surface area contributed by atoms with Gasteiger partial charge in [0.25, 0.3) is 0 Å². The third-order valence-corrected chi connectivity index (χ3v) is 8.09. The number of aliphatic carboxylic acids is 1. The molecule has 1 saturated carbocycles. The fourth-order valence-corrected chi connectivity index (χ4v) is 5.86. The molecule has 1 fully saturated rings. The van der Waals surface area contributed by atoms with E-state index in [0.717, 1.165) is 18.4 Å². The molecule has 0 saturated heterocycles. The van der Waals surface area contributed by atoms with Gasteiger partial charge < -0.3 is 25.2 Å². The Labute approximate surface area is 240 Å². The van der Waals surface area contributed by atoms with Crippen molar-refractivity contribution in [2.75, 3.05) is 13.2 Å². The average Bonchev–Trinajstić information content (AvgIpc) is 3.28. The molecule has 3 aromatic carbocycles. The normalized spacial score (nSPS) is 18.8. The highest BCUT2D eigenvalue weighted by atomic mass is 16.5. The molecule has 2 aliphatic rings. The number of alkyl carbamates (subject to hydrolysis) is 1. The van der Waals surface area contributed by atoms with Gasteiger partial charge in [-0.3, -0.25) is 4.79 Å². The molecule has 3 N–H and O–H groups in total. The van der Waals surface area contributed by atoms with Gasteiger partial charge in [0.1, 0.15) is 6.61 Å². The second-order valence-corrected chi connectivity index (χ2v) is 11.0. The van der Waals surface area contributed by atoms with Crippen molar-refractivity contribution in [3.05, 3.63) is 95.6 Å². The highest BCUT2D eigenvalue weighted by molar-refractivity contribution is 5.84. The summed E-state index contributed by atoms with van der Waals surface area (Å²) in [6, 6.07) is 24.8. The van der Waals surface area contributed by atoms with Gasteiger partial charge in [0, 0.05) is 18.9 Å². The van der Waals surface area contributed by atoms with E-state index in [0.29, 0.717) is 6.54 Å². The lowest BCUT2D eigenvalue weighted by molar-refractivity contribution is -0.146. The van der Waals surface area contributed by atoms with Crippen LogP contribution < -0.4 is 10.6 Å². The Balaban J connectivity index is 1.00. The summed E-state index contributed by atoms with van der Waals surface area (Å²) in [6.45, 7) is 2.67. The number of nitrogens with one attached hydrogen (secondary N) is 2. The zero-order valence-electron chi connectivity index (χ0n) is 23.1. The molecule has 2 amide bonds. The number of hydrogen-bond acceptors (Lipinski definition) is 5. The third-order valence-electron chi connectivity index (χ3n) is 8.09. The maximum absolute atomic E-state index is 12.6. The second kappa shape index (κ2) is 13.0. The van der Waals surface area contributed by atoms with Crippen LogP contribution in [-0.4, -0.2) is 48.4 Å². The summed E-state index contributed by atoms with van der Waals surface area (Å²) < 4.78 is 11.3. The van der Waals surface area contributed by atoms with Gasteiger partial charge in [-0.05, 0) is 59.4 Å². The zero-order chi connectivity index (χ0) is 28.8. The maximum atomic E-state index is 12.6. The van der Waals surface area contributed by atoms with Crippen LogP contribution in [0, 0.1) is 11.8 Å². The zero-order valence-corrected chi connectivity index (χ0v) is 23.1. The van der Waals surface area contributed by atoms with Crippen LogP contribution in [0.2, 0.25) is 0 Å². The number of benzene rings is 3. The molecule has 2 aliphatic carbocycles. The molecular formula is C33H36N2O6. The Morgan fingerprint density at radius 3 is 2.12 bits per heavy atom. The van der Waals surface area contributed by atoms with E-state index in [1.54, 1.807) is 6.92 Å². The number of carbonyl (C=O) groups excluding carboxylic acids is 2. The van der Waals surface area contributed by atoms with Crippen LogP contribution in [0.3, 0.4) is 0 Å². The summed E-state index contributed by atoms with van der Waals surface area (Å²) in [4.78, 5) is 36.8. The molecule has 0 unspecified atom stereocenters. The number of carboxylic acid groups (broad SMARTS) is 1. The van der Waals surface area contributed by atoms with Gasteiger partial charge in [0.05, 0.1) is 12.7 Å². The lowest BCUT2D eigenvalue weighted by atomic mass is 9.73. The minimum atomic E-state index is -1.13. The van der Waals surface area contributed by atoms with Crippen molar-refractivity contribution in [3.63, 3.8) is 0 Å². The van der Waals surface area contributed by atoms with Gasteiger partial charge in [0.2, 0.25) is 5.91 Å². The van der Waals surface area contributed by atoms with E-state index < -0.39 is 24.2 Å². The van der Waals surface area contributed by atoms with Crippen molar-refractivity contribution in [3.8, 4) is 11.1 Å². The Morgan fingerprint density at radius 2 is 1.49 bits per heavy atom. The van der Waals surface area contributed by atoms with Crippen molar-refractivity contribution in [1.82, 2.24) is 10.6 Å². The third kappa shape index (κ3) is 6.95. The molecule has 41 heavy (non-hydrogen) atoms.